The van der Waals surface area contributed by atoms with Gasteiger partial charge in [-0.25, -0.2) is 0 Å². The van der Waals surface area contributed by atoms with E-state index < -0.39 is 0 Å². The predicted octanol–water partition coefficient (Wildman–Crippen LogP) is 6.91. The molecule has 4 aliphatic rings. The van der Waals surface area contributed by atoms with E-state index in [1.807, 2.05) is 0 Å². The Labute approximate surface area is 142 Å². The van der Waals surface area contributed by atoms with Crippen LogP contribution >= 0.6 is 0 Å². The molecule has 0 heteroatoms. The molecule has 0 nitrogen and oxygen atoms in total. The lowest BCUT2D eigenvalue weighted by Gasteiger charge is -2.31. The molecule has 1 spiro atoms. The van der Waals surface area contributed by atoms with Crippen molar-refractivity contribution in [2.45, 2.75) is 81.1 Å². The molecule has 0 aromatic carbocycles. The highest BCUT2D eigenvalue weighted by molar-refractivity contribution is 5.68. The van der Waals surface area contributed by atoms with Crippen LogP contribution in [0.15, 0.2) is 44.6 Å². The molecule has 0 heterocycles. The molecule has 0 saturated heterocycles. The van der Waals surface area contributed by atoms with Gasteiger partial charge in [-0.15, -0.1) is 0 Å². The number of hydrogen-bond acceptors (Lipinski definition) is 0. The average Bonchev–Trinajstić information content (AvgIpc) is 2.98. The Kier molecular flexibility index (Phi) is 2.78. The lowest BCUT2D eigenvalue weighted by molar-refractivity contribution is 0.283. The van der Waals surface area contributed by atoms with E-state index in [0.29, 0.717) is 16.2 Å². The summed E-state index contributed by atoms with van der Waals surface area (Å²) in [5.41, 5.74) is 14.5. The summed E-state index contributed by atoms with van der Waals surface area (Å²) in [6.45, 7) is 19.5. The van der Waals surface area contributed by atoms with Crippen molar-refractivity contribution in [1.82, 2.24) is 0 Å². The van der Waals surface area contributed by atoms with Crippen LogP contribution in [-0.2, 0) is 0 Å². The van der Waals surface area contributed by atoms with Gasteiger partial charge in [0.15, 0.2) is 0 Å². The minimum atomic E-state index is 0.307. The monoisotopic (exact) mass is 308 g/mol. The Balaban J connectivity index is 2.04. The van der Waals surface area contributed by atoms with Gasteiger partial charge in [0.1, 0.15) is 0 Å². The zero-order valence-electron chi connectivity index (χ0n) is 16.3. The number of fused-ring (bicyclic) bond motifs is 4. The highest BCUT2D eigenvalue weighted by atomic mass is 14.7. The van der Waals surface area contributed by atoms with E-state index in [2.05, 4.69) is 55.4 Å². The second-order valence-corrected chi connectivity index (χ2v) is 10.2. The van der Waals surface area contributed by atoms with Crippen LogP contribution in [0.1, 0.15) is 81.1 Å². The molecule has 0 aromatic rings. The van der Waals surface area contributed by atoms with Crippen LogP contribution in [0.2, 0.25) is 0 Å². The first-order chi connectivity index (χ1) is 10.5. The predicted molar refractivity (Wildman–Crippen MR) is 99.3 cm³/mol. The second-order valence-electron chi connectivity index (χ2n) is 10.2. The molecule has 4 aliphatic carbocycles. The fourth-order valence-corrected chi connectivity index (χ4v) is 7.36. The van der Waals surface area contributed by atoms with E-state index >= 15 is 0 Å². The molecule has 0 atom stereocenters. The van der Waals surface area contributed by atoms with E-state index in [-0.39, 0.29) is 0 Å². The highest BCUT2D eigenvalue weighted by Crippen LogP contribution is 2.74. The van der Waals surface area contributed by atoms with Gasteiger partial charge in [0.2, 0.25) is 0 Å². The van der Waals surface area contributed by atoms with E-state index in [1.54, 1.807) is 44.6 Å². The molecule has 0 amide bonds. The van der Waals surface area contributed by atoms with Crippen molar-refractivity contribution >= 4 is 0 Å². The molecule has 0 N–H and O–H groups in total. The van der Waals surface area contributed by atoms with Crippen molar-refractivity contribution in [3.8, 4) is 0 Å². The third-order valence-electron chi connectivity index (χ3n) is 7.07. The molecule has 0 aromatic heterocycles. The van der Waals surface area contributed by atoms with Crippen LogP contribution in [0, 0.1) is 16.2 Å². The summed E-state index contributed by atoms with van der Waals surface area (Å²) in [5.74, 6) is 0. The molecule has 0 radical (unpaired) electrons. The first kappa shape index (κ1) is 15.5. The molecule has 124 valence electrons. The molecule has 2 fully saturated rings. The van der Waals surface area contributed by atoms with Gasteiger partial charge in [0.25, 0.3) is 0 Å². The summed E-state index contributed by atoms with van der Waals surface area (Å²) in [7, 11) is 0. The molecular formula is C23H32. The Morgan fingerprint density at radius 1 is 0.522 bits per heavy atom. The third kappa shape index (κ3) is 1.68. The maximum absolute atomic E-state index is 2.49. The van der Waals surface area contributed by atoms with Gasteiger partial charge < -0.3 is 0 Å². The van der Waals surface area contributed by atoms with Gasteiger partial charge in [-0.2, -0.15) is 0 Å². The van der Waals surface area contributed by atoms with Gasteiger partial charge >= 0.3 is 0 Å². The van der Waals surface area contributed by atoms with Gasteiger partial charge in [-0.3, -0.25) is 0 Å². The summed E-state index contributed by atoms with van der Waals surface area (Å²) in [6.07, 6.45) is 5.04. The summed E-state index contributed by atoms with van der Waals surface area (Å²) < 4.78 is 0. The van der Waals surface area contributed by atoms with Gasteiger partial charge in [-0.1, -0.05) is 50.0 Å². The van der Waals surface area contributed by atoms with Crippen LogP contribution in [0.25, 0.3) is 0 Å². The lowest BCUT2D eigenvalue weighted by Crippen LogP contribution is -2.22. The SMILES string of the molecule is CC1=C2C(=C(C)C1)C1(CC2(C)C)CC(C)(C)C2=C(C)CC(C)=C21. The average molecular weight is 309 g/mol. The van der Waals surface area contributed by atoms with Crippen molar-refractivity contribution in [3.63, 3.8) is 0 Å². The number of allylic oxidation sites excluding steroid dienone is 8. The van der Waals surface area contributed by atoms with Gasteiger partial charge in [0.05, 0.1) is 0 Å². The van der Waals surface area contributed by atoms with Crippen LogP contribution in [-0.4, -0.2) is 0 Å². The largest absolute Gasteiger partial charge is 0.0652 e. The lowest BCUT2D eigenvalue weighted by atomic mass is 9.71. The molecule has 4 rings (SSSR count). The van der Waals surface area contributed by atoms with Gasteiger partial charge in [-0.05, 0) is 86.5 Å². The molecule has 0 bridgehead atoms. The van der Waals surface area contributed by atoms with Crippen molar-refractivity contribution < 1.29 is 0 Å². The number of rotatable bonds is 0. The quantitative estimate of drug-likeness (QED) is 0.456. The Bertz CT molecular complexity index is 690. The Morgan fingerprint density at radius 2 is 0.826 bits per heavy atom. The standard InChI is InChI=1S/C23H32/c1-13-9-15(3)19-17(13)21(5,6)11-23(19)12-22(7,8)18-14(2)10-16(4)20(18)23/h9-12H2,1-8H3. The van der Waals surface area contributed by atoms with Crippen molar-refractivity contribution in [2.75, 3.05) is 0 Å². The van der Waals surface area contributed by atoms with Crippen LogP contribution < -0.4 is 0 Å². The van der Waals surface area contributed by atoms with E-state index in [9.17, 15) is 0 Å². The van der Waals surface area contributed by atoms with Crippen LogP contribution in [0.4, 0.5) is 0 Å². The molecule has 23 heavy (non-hydrogen) atoms. The Morgan fingerprint density at radius 3 is 1.17 bits per heavy atom. The minimum absolute atomic E-state index is 0.307. The van der Waals surface area contributed by atoms with Crippen molar-refractivity contribution in [2.24, 2.45) is 16.2 Å². The zero-order valence-corrected chi connectivity index (χ0v) is 16.3. The van der Waals surface area contributed by atoms with E-state index in [4.69, 9.17) is 0 Å². The summed E-state index contributed by atoms with van der Waals surface area (Å²) in [5, 5.41) is 0. The topological polar surface area (TPSA) is 0 Å². The highest BCUT2D eigenvalue weighted by Gasteiger charge is 2.62. The first-order valence-electron chi connectivity index (χ1n) is 9.33. The fraction of sp³-hybridized carbons (Fsp3) is 0.652. The van der Waals surface area contributed by atoms with Gasteiger partial charge in [0, 0.05) is 5.41 Å². The normalized spacial score (nSPS) is 30.3. The zero-order chi connectivity index (χ0) is 16.9. The van der Waals surface area contributed by atoms with E-state index in [0.717, 1.165) is 0 Å². The maximum atomic E-state index is 2.49. The fourth-order valence-electron chi connectivity index (χ4n) is 7.36. The molecule has 0 unspecified atom stereocenters. The van der Waals surface area contributed by atoms with Crippen LogP contribution in [0.5, 0.6) is 0 Å². The van der Waals surface area contributed by atoms with Crippen molar-refractivity contribution in [3.05, 3.63) is 44.6 Å². The molecule has 2 saturated carbocycles. The minimum Gasteiger partial charge on any atom is -0.0652 e. The summed E-state index contributed by atoms with van der Waals surface area (Å²) in [4.78, 5) is 0. The Hall–Kier alpha value is -1.04. The first-order valence-corrected chi connectivity index (χ1v) is 9.33. The summed E-state index contributed by atoms with van der Waals surface area (Å²) >= 11 is 0. The third-order valence-corrected chi connectivity index (χ3v) is 7.07. The molecular weight excluding hydrogens is 276 g/mol. The smallest absolute Gasteiger partial charge is 0.0224 e. The van der Waals surface area contributed by atoms with Crippen LogP contribution in [0.3, 0.4) is 0 Å². The number of hydrogen-bond donors (Lipinski definition) is 0. The van der Waals surface area contributed by atoms with E-state index in [1.165, 1.54) is 25.7 Å². The summed E-state index contributed by atoms with van der Waals surface area (Å²) in [6, 6.07) is 0. The maximum Gasteiger partial charge on any atom is 0.0224 e. The second kappa shape index (κ2) is 4.13. The van der Waals surface area contributed by atoms with Crippen molar-refractivity contribution in [1.29, 1.82) is 0 Å². The molecule has 0 aliphatic heterocycles.